The first-order valence-electron chi connectivity index (χ1n) is 10.4. The lowest BCUT2D eigenvalue weighted by atomic mass is 10.0. The second kappa shape index (κ2) is 10.1. The maximum absolute atomic E-state index is 6.04. The summed E-state index contributed by atoms with van der Waals surface area (Å²) in [5.41, 5.74) is 17.5. The van der Waals surface area contributed by atoms with E-state index in [-0.39, 0.29) is 0 Å². The van der Waals surface area contributed by atoms with Crippen molar-refractivity contribution in [1.29, 1.82) is 0 Å². The van der Waals surface area contributed by atoms with Crippen LogP contribution in [0.2, 0.25) is 0 Å². The smallest absolute Gasteiger partial charge is 0.150 e. The minimum Gasteiger partial charge on any atom is -0.382 e. The Balaban J connectivity index is 1.35. The number of rotatable bonds is 7. The fourth-order valence-corrected chi connectivity index (χ4v) is 3.18. The van der Waals surface area contributed by atoms with Crippen molar-refractivity contribution < 1.29 is 0 Å². The minimum atomic E-state index is 0.407. The van der Waals surface area contributed by atoms with Crippen LogP contribution in [0.4, 0.5) is 11.4 Å². The largest absolute Gasteiger partial charge is 0.382 e. The Kier molecular flexibility index (Phi) is 6.63. The topological polar surface area (TPSA) is 103 Å². The van der Waals surface area contributed by atoms with E-state index in [4.69, 9.17) is 11.5 Å². The van der Waals surface area contributed by atoms with Gasteiger partial charge in [0.05, 0.1) is 11.4 Å². The normalized spacial score (nSPS) is 12.0. The van der Waals surface area contributed by atoms with E-state index in [1.807, 2.05) is 60.7 Å². The van der Waals surface area contributed by atoms with Gasteiger partial charge >= 0.3 is 0 Å². The van der Waals surface area contributed by atoms with Crippen LogP contribution in [-0.2, 0) is 12.8 Å². The molecule has 2 aromatic carbocycles. The highest BCUT2D eigenvalue weighted by molar-refractivity contribution is 5.97. The molecule has 0 aliphatic carbocycles. The van der Waals surface area contributed by atoms with E-state index < -0.39 is 0 Å². The van der Waals surface area contributed by atoms with Crippen LogP contribution in [0.1, 0.15) is 22.5 Å². The molecule has 32 heavy (non-hydrogen) atoms. The third kappa shape index (κ3) is 5.64. The van der Waals surface area contributed by atoms with E-state index in [1.54, 1.807) is 12.4 Å². The molecule has 158 valence electrons. The summed E-state index contributed by atoms with van der Waals surface area (Å²) in [6.45, 7) is 0. The minimum absolute atomic E-state index is 0.407. The van der Waals surface area contributed by atoms with Crippen molar-refractivity contribution in [2.45, 2.75) is 12.8 Å². The van der Waals surface area contributed by atoms with Gasteiger partial charge in [-0.1, -0.05) is 36.4 Å². The van der Waals surface area contributed by atoms with Crippen molar-refractivity contribution in [3.8, 4) is 0 Å². The second-order valence-corrected chi connectivity index (χ2v) is 7.26. The van der Waals surface area contributed by atoms with E-state index in [0.29, 0.717) is 23.1 Å². The molecule has 0 aliphatic rings. The number of benzene rings is 2. The molecule has 2 aromatic heterocycles. The van der Waals surface area contributed by atoms with Crippen LogP contribution >= 0.6 is 0 Å². The molecule has 0 fully saturated rings. The third-order valence-corrected chi connectivity index (χ3v) is 4.93. The highest BCUT2D eigenvalue weighted by atomic mass is 14.9. The van der Waals surface area contributed by atoms with Gasteiger partial charge in [0, 0.05) is 12.4 Å². The Morgan fingerprint density at radius 2 is 0.969 bits per heavy atom. The summed E-state index contributed by atoms with van der Waals surface area (Å²) < 4.78 is 0. The molecule has 0 saturated heterocycles. The lowest BCUT2D eigenvalue weighted by Gasteiger charge is -2.05. The van der Waals surface area contributed by atoms with Crippen LogP contribution in [0.15, 0.2) is 107 Å². The Labute approximate surface area is 187 Å². The van der Waals surface area contributed by atoms with Gasteiger partial charge in [-0.25, -0.2) is 9.98 Å². The predicted molar refractivity (Wildman–Crippen MR) is 130 cm³/mol. The number of pyridine rings is 2. The highest BCUT2D eigenvalue weighted by Gasteiger charge is 2.02. The summed E-state index contributed by atoms with van der Waals surface area (Å²) in [6, 6.07) is 27.4. The molecule has 0 radical (unpaired) electrons. The van der Waals surface area contributed by atoms with Crippen LogP contribution < -0.4 is 11.5 Å². The van der Waals surface area contributed by atoms with E-state index in [0.717, 1.165) is 24.2 Å². The van der Waals surface area contributed by atoms with Gasteiger partial charge in [-0.15, -0.1) is 0 Å². The van der Waals surface area contributed by atoms with E-state index >= 15 is 0 Å². The maximum Gasteiger partial charge on any atom is 0.150 e. The third-order valence-electron chi connectivity index (χ3n) is 4.93. The van der Waals surface area contributed by atoms with Crippen molar-refractivity contribution in [3.05, 3.63) is 120 Å². The van der Waals surface area contributed by atoms with E-state index in [2.05, 4.69) is 44.2 Å². The van der Waals surface area contributed by atoms with Crippen molar-refractivity contribution in [3.63, 3.8) is 0 Å². The number of aromatic nitrogens is 2. The average Bonchev–Trinajstić information content (AvgIpc) is 2.85. The first-order chi connectivity index (χ1) is 15.7. The molecule has 6 heteroatoms. The quantitative estimate of drug-likeness (QED) is 0.343. The number of hydrogen-bond donors (Lipinski definition) is 2. The monoisotopic (exact) mass is 420 g/mol. The van der Waals surface area contributed by atoms with Gasteiger partial charge in [-0.2, -0.15) is 0 Å². The number of nitrogens with zero attached hydrogens (tertiary/aromatic N) is 4. The summed E-state index contributed by atoms with van der Waals surface area (Å²) in [5.74, 6) is 0.814. The summed E-state index contributed by atoms with van der Waals surface area (Å²) >= 11 is 0. The van der Waals surface area contributed by atoms with Crippen LogP contribution in [0, 0.1) is 0 Å². The molecule has 6 nitrogen and oxygen atoms in total. The van der Waals surface area contributed by atoms with E-state index in [9.17, 15) is 0 Å². The first-order valence-corrected chi connectivity index (χ1v) is 10.4. The molecule has 0 aliphatic heterocycles. The molecule has 4 aromatic rings. The number of amidine groups is 2. The Bertz CT molecular complexity index is 1100. The van der Waals surface area contributed by atoms with Crippen LogP contribution in [0.25, 0.3) is 0 Å². The lowest BCUT2D eigenvalue weighted by molar-refractivity contribution is 0.960. The Morgan fingerprint density at radius 3 is 1.31 bits per heavy atom. The first kappa shape index (κ1) is 20.9. The molecule has 4 N–H and O–H groups in total. The zero-order chi connectivity index (χ0) is 22.2. The summed E-state index contributed by atoms with van der Waals surface area (Å²) in [6.07, 6.45) is 5.26. The van der Waals surface area contributed by atoms with Gasteiger partial charge in [0.1, 0.15) is 23.1 Å². The van der Waals surface area contributed by atoms with Crippen molar-refractivity contribution in [2.75, 3.05) is 0 Å². The van der Waals surface area contributed by atoms with Crippen molar-refractivity contribution >= 4 is 23.0 Å². The van der Waals surface area contributed by atoms with Gasteiger partial charge in [0.25, 0.3) is 0 Å². The summed E-state index contributed by atoms with van der Waals surface area (Å²) in [7, 11) is 0. The Morgan fingerprint density at radius 1 is 0.562 bits per heavy atom. The van der Waals surface area contributed by atoms with Gasteiger partial charge in [-0.05, 0) is 72.5 Å². The fourth-order valence-electron chi connectivity index (χ4n) is 3.18. The fraction of sp³-hybridized carbons (Fsp3) is 0.0769. The molecular weight excluding hydrogens is 396 g/mol. The lowest BCUT2D eigenvalue weighted by Crippen LogP contribution is -2.14. The average molecular weight is 421 g/mol. The molecule has 0 spiro atoms. The van der Waals surface area contributed by atoms with E-state index in [1.165, 1.54) is 11.1 Å². The molecule has 0 atom stereocenters. The van der Waals surface area contributed by atoms with Gasteiger partial charge < -0.3 is 11.5 Å². The molecule has 4 rings (SSSR count). The molecule has 0 amide bonds. The zero-order valence-electron chi connectivity index (χ0n) is 17.6. The van der Waals surface area contributed by atoms with Gasteiger partial charge in [0.15, 0.2) is 0 Å². The molecule has 0 saturated carbocycles. The molecular formula is C26H24N6. The van der Waals surface area contributed by atoms with Gasteiger partial charge in [0.2, 0.25) is 0 Å². The summed E-state index contributed by atoms with van der Waals surface area (Å²) in [5, 5.41) is 0. The number of aliphatic imine (C=N–C) groups is 2. The molecule has 2 heterocycles. The predicted octanol–water partition coefficient (Wildman–Crippen LogP) is 4.34. The molecule has 0 bridgehead atoms. The SMILES string of the molecule is NC(=Nc1ccc(CCc2ccc(N=C(N)c3ccccn3)cc2)cc1)c1ccccn1. The molecule has 0 unspecified atom stereocenters. The van der Waals surface area contributed by atoms with Crippen molar-refractivity contribution in [1.82, 2.24) is 9.97 Å². The Hall–Kier alpha value is -4.32. The number of hydrogen-bond acceptors (Lipinski definition) is 4. The second-order valence-electron chi connectivity index (χ2n) is 7.26. The van der Waals surface area contributed by atoms with Gasteiger partial charge in [-0.3, -0.25) is 9.97 Å². The van der Waals surface area contributed by atoms with Crippen LogP contribution in [0.5, 0.6) is 0 Å². The van der Waals surface area contributed by atoms with Crippen LogP contribution in [0.3, 0.4) is 0 Å². The van der Waals surface area contributed by atoms with Crippen molar-refractivity contribution in [2.24, 2.45) is 21.5 Å². The number of nitrogens with two attached hydrogens (primary N) is 2. The standard InChI is InChI=1S/C26H24N6/c27-25(23-5-1-3-17-29-23)31-21-13-9-19(10-14-21)7-8-20-11-15-22(16-12-20)32-26(28)24-6-2-4-18-30-24/h1-6,9-18H,7-8H2,(H2,27,31)(H2,28,32). The van der Waals surface area contributed by atoms with Crippen LogP contribution in [-0.4, -0.2) is 21.6 Å². The summed E-state index contributed by atoms with van der Waals surface area (Å²) in [4.78, 5) is 17.3. The maximum atomic E-state index is 6.04. The number of aryl methyl sites for hydroxylation is 2. The zero-order valence-corrected chi connectivity index (χ0v) is 17.6. The highest BCUT2D eigenvalue weighted by Crippen LogP contribution is 2.18.